The van der Waals surface area contributed by atoms with Gasteiger partial charge in [-0.3, -0.25) is 0 Å². The minimum Gasteiger partial charge on any atom is -0.478 e. The Hall–Kier alpha value is -1.16. The lowest BCUT2D eigenvalue weighted by Gasteiger charge is -2.22. The maximum Gasteiger partial charge on any atom is 0.219 e. The van der Waals surface area contributed by atoms with Crippen molar-refractivity contribution in [3.8, 4) is 5.88 Å². The van der Waals surface area contributed by atoms with Gasteiger partial charge < -0.3 is 10.1 Å². The highest BCUT2D eigenvalue weighted by molar-refractivity contribution is 5.30. The van der Waals surface area contributed by atoms with Gasteiger partial charge in [-0.2, -0.15) is 0 Å². The van der Waals surface area contributed by atoms with Gasteiger partial charge in [0.2, 0.25) is 5.88 Å². The van der Waals surface area contributed by atoms with Gasteiger partial charge >= 0.3 is 0 Å². The fraction of sp³-hybridized carbons (Fsp3) is 0.714. The van der Waals surface area contributed by atoms with Gasteiger partial charge in [0.05, 0.1) is 12.3 Å². The topological polar surface area (TPSA) is 47.0 Å². The molecule has 1 aromatic heterocycles. The third-order valence-corrected chi connectivity index (χ3v) is 3.26. The van der Waals surface area contributed by atoms with E-state index in [0.29, 0.717) is 24.4 Å². The van der Waals surface area contributed by atoms with Crippen LogP contribution in [0.2, 0.25) is 0 Å². The number of aromatic nitrogens is 2. The lowest BCUT2D eigenvalue weighted by atomic mass is 9.96. The Balaban J connectivity index is 2.84. The normalized spacial score (nSPS) is 14.3. The molecule has 0 bridgehead atoms. The molecule has 0 aliphatic heterocycles. The predicted octanol–water partition coefficient (Wildman–Crippen LogP) is 2.68. The first kappa shape index (κ1) is 14.9. The maximum atomic E-state index is 5.52. The van der Waals surface area contributed by atoms with E-state index < -0.39 is 0 Å². The van der Waals surface area contributed by atoms with Crippen molar-refractivity contribution in [2.24, 2.45) is 0 Å². The van der Waals surface area contributed by atoms with Gasteiger partial charge in [-0.25, -0.2) is 9.97 Å². The molecule has 4 heteroatoms. The van der Waals surface area contributed by atoms with Gasteiger partial charge in [-0.05, 0) is 33.7 Å². The van der Waals surface area contributed by atoms with Crippen LogP contribution in [-0.4, -0.2) is 29.2 Å². The largest absolute Gasteiger partial charge is 0.478 e. The molecule has 0 amide bonds. The molecule has 2 unspecified atom stereocenters. The lowest BCUT2D eigenvalue weighted by molar-refractivity contribution is 0.321. The van der Waals surface area contributed by atoms with E-state index in [9.17, 15) is 0 Å². The second-order valence-corrected chi connectivity index (χ2v) is 4.65. The fourth-order valence-corrected chi connectivity index (χ4v) is 1.97. The number of rotatable bonds is 7. The molecule has 1 N–H and O–H groups in total. The van der Waals surface area contributed by atoms with Gasteiger partial charge in [-0.1, -0.05) is 13.8 Å². The maximum absolute atomic E-state index is 5.52. The molecular formula is C14H25N3O. The minimum atomic E-state index is 0.346. The van der Waals surface area contributed by atoms with E-state index in [0.717, 1.165) is 24.2 Å². The molecule has 102 valence electrons. The third-order valence-electron chi connectivity index (χ3n) is 3.26. The first-order chi connectivity index (χ1) is 8.61. The van der Waals surface area contributed by atoms with E-state index in [4.69, 9.17) is 4.74 Å². The summed E-state index contributed by atoms with van der Waals surface area (Å²) < 4.78 is 5.52. The number of nitrogens with zero attached hydrogens (tertiary/aromatic N) is 2. The molecule has 0 aliphatic rings. The van der Waals surface area contributed by atoms with Crippen LogP contribution in [0.25, 0.3) is 0 Å². The first-order valence-electron chi connectivity index (χ1n) is 6.79. The van der Waals surface area contributed by atoms with Crippen molar-refractivity contribution in [3.05, 3.63) is 17.6 Å². The average Bonchev–Trinajstić information content (AvgIpc) is 2.38. The van der Waals surface area contributed by atoms with Crippen LogP contribution in [0.4, 0.5) is 0 Å². The average molecular weight is 251 g/mol. The van der Waals surface area contributed by atoms with Crippen LogP contribution in [0, 0.1) is 6.92 Å². The zero-order chi connectivity index (χ0) is 13.5. The Morgan fingerprint density at radius 2 is 2.00 bits per heavy atom. The van der Waals surface area contributed by atoms with Gasteiger partial charge in [0, 0.05) is 17.5 Å². The zero-order valence-electron chi connectivity index (χ0n) is 12.2. The molecule has 4 nitrogen and oxygen atoms in total. The summed E-state index contributed by atoms with van der Waals surface area (Å²) in [5.41, 5.74) is 2.13. The van der Waals surface area contributed by atoms with Crippen LogP contribution in [0.15, 0.2) is 6.33 Å². The van der Waals surface area contributed by atoms with E-state index in [1.807, 2.05) is 13.8 Å². The van der Waals surface area contributed by atoms with Crippen LogP contribution >= 0.6 is 0 Å². The monoisotopic (exact) mass is 251 g/mol. The van der Waals surface area contributed by atoms with E-state index in [1.165, 1.54) is 0 Å². The van der Waals surface area contributed by atoms with Gasteiger partial charge in [0.1, 0.15) is 6.33 Å². The fourth-order valence-electron chi connectivity index (χ4n) is 1.97. The SMILES string of the molecule is CCCNC(C)C(C)c1ncnc(OCC)c1C. The summed E-state index contributed by atoms with van der Waals surface area (Å²) in [6.07, 6.45) is 2.74. The second-order valence-electron chi connectivity index (χ2n) is 4.65. The number of hydrogen-bond acceptors (Lipinski definition) is 4. The molecule has 1 aromatic rings. The zero-order valence-corrected chi connectivity index (χ0v) is 12.2. The number of nitrogens with one attached hydrogen (secondary N) is 1. The van der Waals surface area contributed by atoms with Crippen LogP contribution in [0.3, 0.4) is 0 Å². The lowest BCUT2D eigenvalue weighted by Crippen LogP contribution is -2.32. The summed E-state index contributed by atoms with van der Waals surface area (Å²) in [7, 11) is 0. The van der Waals surface area contributed by atoms with E-state index in [-0.39, 0.29) is 0 Å². The highest BCUT2D eigenvalue weighted by atomic mass is 16.5. The van der Waals surface area contributed by atoms with E-state index in [2.05, 4.69) is 36.1 Å². The third kappa shape index (κ3) is 3.67. The quantitative estimate of drug-likeness (QED) is 0.809. The highest BCUT2D eigenvalue weighted by Gasteiger charge is 2.19. The Bertz CT molecular complexity index is 368. The summed E-state index contributed by atoms with van der Waals surface area (Å²) in [5, 5.41) is 3.51. The molecule has 18 heavy (non-hydrogen) atoms. The van der Waals surface area contributed by atoms with Crippen molar-refractivity contribution in [2.75, 3.05) is 13.2 Å². The molecule has 0 saturated heterocycles. The Labute approximate surface area is 110 Å². The Morgan fingerprint density at radius 3 is 2.61 bits per heavy atom. The smallest absolute Gasteiger partial charge is 0.219 e. The van der Waals surface area contributed by atoms with Crippen molar-refractivity contribution >= 4 is 0 Å². The summed E-state index contributed by atoms with van der Waals surface area (Å²) >= 11 is 0. The molecule has 1 rings (SSSR count). The summed E-state index contributed by atoms with van der Waals surface area (Å²) in [5.74, 6) is 1.05. The molecule has 0 saturated carbocycles. The number of hydrogen-bond donors (Lipinski definition) is 1. The molecule has 2 atom stereocenters. The van der Waals surface area contributed by atoms with Crippen molar-refractivity contribution in [1.82, 2.24) is 15.3 Å². The molecule has 0 fully saturated rings. The molecule has 0 radical (unpaired) electrons. The van der Waals surface area contributed by atoms with E-state index in [1.54, 1.807) is 6.33 Å². The first-order valence-corrected chi connectivity index (χ1v) is 6.79. The highest BCUT2D eigenvalue weighted by Crippen LogP contribution is 2.25. The van der Waals surface area contributed by atoms with E-state index >= 15 is 0 Å². The van der Waals surface area contributed by atoms with Crippen molar-refractivity contribution in [2.45, 2.75) is 53.0 Å². The molecule has 0 aliphatic carbocycles. The summed E-state index contributed by atoms with van der Waals surface area (Å²) in [6.45, 7) is 12.2. The summed E-state index contributed by atoms with van der Waals surface area (Å²) in [4.78, 5) is 8.60. The van der Waals surface area contributed by atoms with Crippen LogP contribution in [0.5, 0.6) is 5.88 Å². The van der Waals surface area contributed by atoms with Crippen molar-refractivity contribution in [1.29, 1.82) is 0 Å². The molecule has 0 aromatic carbocycles. The predicted molar refractivity (Wildman–Crippen MR) is 74.1 cm³/mol. The Morgan fingerprint density at radius 1 is 1.28 bits per heavy atom. The molecular weight excluding hydrogens is 226 g/mol. The minimum absolute atomic E-state index is 0.346. The molecule has 0 spiro atoms. The van der Waals surface area contributed by atoms with Crippen molar-refractivity contribution < 1.29 is 4.74 Å². The molecule has 1 heterocycles. The standard InChI is InChI=1S/C14H25N3O/c1-6-8-15-12(5)10(3)13-11(4)14(18-7-2)17-9-16-13/h9-10,12,15H,6-8H2,1-5H3. The van der Waals surface area contributed by atoms with Gasteiger partial charge in [-0.15, -0.1) is 0 Å². The van der Waals surface area contributed by atoms with Gasteiger partial charge in [0.25, 0.3) is 0 Å². The number of ether oxygens (including phenoxy) is 1. The Kier molecular flexibility index (Phi) is 6.05. The van der Waals surface area contributed by atoms with Crippen LogP contribution < -0.4 is 10.1 Å². The second kappa shape index (κ2) is 7.31. The van der Waals surface area contributed by atoms with Crippen molar-refractivity contribution in [3.63, 3.8) is 0 Å². The van der Waals surface area contributed by atoms with Gasteiger partial charge in [0.15, 0.2) is 0 Å². The van der Waals surface area contributed by atoms with Crippen LogP contribution in [-0.2, 0) is 0 Å². The summed E-state index contributed by atoms with van der Waals surface area (Å²) in [6, 6.07) is 0.396. The van der Waals surface area contributed by atoms with Crippen LogP contribution in [0.1, 0.15) is 51.3 Å².